The van der Waals surface area contributed by atoms with Crippen molar-refractivity contribution in [2.24, 2.45) is 5.10 Å². The van der Waals surface area contributed by atoms with E-state index in [1.54, 1.807) is 31.2 Å². The maximum Gasteiger partial charge on any atom is 0.277 e. The summed E-state index contributed by atoms with van der Waals surface area (Å²) in [6.45, 7) is 3.36. The Morgan fingerprint density at radius 2 is 1.81 bits per heavy atom. The standard InChI is InChI=1S/C19H19Cl2N3O3/c1-12-5-3-4-6-17(12)27-11-19(26)24-23-13(2)9-18(25)22-14-7-8-15(20)16(21)10-14/h3-8,10H,9,11H2,1-2H3,(H,22,25)(H,24,26)/b23-13+. The second-order valence-electron chi connectivity index (χ2n) is 5.79. The molecule has 2 rings (SSSR count). The largest absolute Gasteiger partial charge is 0.483 e. The number of hydrazone groups is 1. The summed E-state index contributed by atoms with van der Waals surface area (Å²) in [6, 6.07) is 12.2. The van der Waals surface area contributed by atoms with Gasteiger partial charge in [0.05, 0.1) is 16.5 Å². The lowest BCUT2D eigenvalue weighted by atomic mass is 10.2. The van der Waals surface area contributed by atoms with Gasteiger partial charge in [0.25, 0.3) is 5.91 Å². The summed E-state index contributed by atoms with van der Waals surface area (Å²) in [4.78, 5) is 23.8. The van der Waals surface area contributed by atoms with Crippen LogP contribution in [-0.4, -0.2) is 24.1 Å². The first kappa shape index (κ1) is 20.7. The summed E-state index contributed by atoms with van der Waals surface area (Å²) in [6.07, 6.45) is 0.0131. The summed E-state index contributed by atoms with van der Waals surface area (Å²) in [5.41, 5.74) is 4.26. The molecule has 0 heterocycles. The Labute approximate surface area is 167 Å². The zero-order valence-electron chi connectivity index (χ0n) is 14.9. The number of hydrogen-bond donors (Lipinski definition) is 2. The molecule has 0 aliphatic rings. The Kier molecular flexibility index (Phi) is 7.64. The highest BCUT2D eigenvalue weighted by Gasteiger charge is 2.08. The molecule has 2 amide bonds. The Balaban J connectivity index is 1.78. The number of carbonyl (C=O) groups is 2. The number of nitrogens with zero attached hydrogens (tertiary/aromatic N) is 1. The van der Waals surface area contributed by atoms with Crippen molar-refractivity contribution in [1.29, 1.82) is 0 Å². The van der Waals surface area contributed by atoms with Gasteiger partial charge in [-0.25, -0.2) is 5.43 Å². The van der Waals surface area contributed by atoms with Gasteiger partial charge in [0.15, 0.2) is 6.61 Å². The normalized spacial score (nSPS) is 11.0. The third-order valence-corrected chi connectivity index (χ3v) is 4.18. The van der Waals surface area contributed by atoms with Crippen LogP contribution in [0.5, 0.6) is 5.75 Å². The number of halogens is 2. The van der Waals surface area contributed by atoms with Crippen molar-refractivity contribution >= 4 is 46.4 Å². The maximum atomic E-state index is 12.0. The van der Waals surface area contributed by atoms with E-state index in [-0.39, 0.29) is 18.9 Å². The molecule has 0 unspecified atom stereocenters. The quantitative estimate of drug-likeness (QED) is 0.532. The second-order valence-corrected chi connectivity index (χ2v) is 6.60. The van der Waals surface area contributed by atoms with Gasteiger partial charge in [-0.2, -0.15) is 5.10 Å². The molecular formula is C19H19Cl2N3O3. The minimum atomic E-state index is -0.414. The molecule has 0 aliphatic carbocycles. The highest BCUT2D eigenvalue weighted by molar-refractivity contribution is 6.42. The zero-order valence-corrected chi connectivity index (χ0v) is 16.4. The van der Waals surface area contributed by atoms with Crippen LogP contribution < -0.4 is 15.5 Å². The number of rotatable bonds is 7. The van der Waals surface area contributed by atoms with Crippen molar-refractivity contribution in [3.05, 3.63) is 58.1 Å². The van der Waals surface area contributed by atoms with Crippen molar-refractivity contribution < 1.29 is 14.3 Å². The van der Waals surface area contributed by atoms with E-state index in [1.807, 2.05) is 25.1 Å². The van der Waals surface area contributed by atoms with Gasteiger partial charge in [0.2, 0.25) is 5.91 Å². The lowest BCUT2D eigenvalue weighted by Crippen LogP contribution is -2.26. The van der Waals surface area contributed by atoms with Crippen molar-refractivity contribution in [2.75, 3.05) is 11.9 Å². The Morgan fingerprint density at radius 1 is 1.07 bits per heavy atom. The van der Waals surface area contributed by atoms with E-state index in [9.17, 15) is 9.59 Å². The number of aryl methyl sites for hydroxylation is 1. The van der Waals surface area contributed by atoms with E-state index < -0.39 is 5.91 Å². The van der Waals surface area contributed by atoms with Crippen LogP contribution in [-0.2, 0) is 9.59 Å². The molecule has 27 heavy (non-hydrogen) atoms. The third kappa shape index (κ3) is 6.92. The predicted molar refractivity (Wildman–Crippen MR) is 108 cm³/mol. The first-order chi connectivity index (χ1) is 12.8. The number of ether oxygens (including phenoxy) is 1. The van der Waals surface area contributed by atoms with Crippen LogP contribution in [0.1, 0.15) is 18.9 Å². The maximum absolute atomic E-state index is 12.0. The summed E-state index contributed by atoms with van der Waals surface area (Å²) >= 11 is 11.7. The number of benzene rings is 2. The van der Waals surface area contributed by atoms with Gasteiger partial charge in [-0.05, 0) is 43.7 Å². The van der Waals surface area contributed by atoms with Gasteiger partial charge in [0.1, 0.15) is 5.75 Å². The average Bonchev–Trinajstić information content (AvgIpc) is 2.62. The van der Waals surface area contributed by atoms with E-state index in [0.29, 0.717) is 27.2 Å². The van der Waals surface area contributed by atoms with E-state index in [1.165, 1.54) is 0 Å². The Morgan fingerprint density at radius 3 is 2.52 bits per heavy atom. The summed E-state index contributed by atoms with van der Waals surface area (Å²) in [5, 5.41) is 7.34. The van der Waals surface area contributed by atoms with Gasteiger partial charge in [-0.1, -0.05) is 41.4 Å². The van der Waals surface area contributed by atoms with Gasteiger partial charge < -0.3 is 10.1 Å². The molecule has 0 spiro atoms. The minimum absolute atomic E-state index is 0.0131. The molecule has 2 aromatic carbocycles. The topological polar surface area (TPSA) is 79.8 Å². The molecule has 2 N–H and O–H groups in total. The van der Waals surface area contributed by atoms with Crippen LogP contribution in [0.25, 0.3) is 0 Å². The van der Waals surface area contributed by atoms with E-state index >= 15 is 0 Å². The number of para-hydroxylation sites is 1. The Bertz CT molecular complexity index is 869. The lowest BCUT2D eigenvalue weighted by Gasteiger charge is -2.08. The van der Waals surface area contributed by atoms with Crippen LogP contribution in [0.4, 0.5) is 5.69 Å². The zero-order chi connectivity index (χ0) is 19.8. The lowest BCUT2D eigenvalue weighted by molar-refractivity contribution is -0.123. The van der Waals surface area contributed by atoms with Crippen LogP contribution in [0.15, 0.2) is 47.6 Å². The number of amides is 2. The molecule has 0 atom stereocenters. The van der Waals surface area contributed by atoms with Crippen molar-refractivity contribution in [1.82, 2.24) is 5.43 Å². The van der Waals surface area contributed by atoms with Gasteiger partial charge in [-0.3, -0.25) is 9.59 Å². The molecule has 6 nitrogen and oxygen atoms in total. The molecule has 0 radical (unpaired) electrons. The number of nitrogens with one attached hydrogen (secondary N) is 2. The van der Waals surface area contributed by atoms with Crippen LogP contribution in [0.2, 0.25) is 10.0 Å². The van der Waals surface area contributed by atoms with Gasteiger partial charge >= 0.3 is 0 Å². The molecule has 2 aromatic rings. The second kappa shape index (κ2) is 9.94. The molecule has 142 valence electrons. The molecule has 0 saturated carbocycles. The highest BCUT2D eigenvalue weighted by Crippen LogP contribution is 2.25. The number of anilines is 1. The molecule has 8 heteroatoms. The molecule has 0 bridgehead atoms. The first-order valence-corrected chi connectivity index (χ1v) is 8.86. The van der Waals surface area contributed by atoms with Gasteiger partial charge in [-0.15, -0.1) is 0 Å². The van der Waals surface area contributed by atoms with E-state index in [0.717, 1.165) is 5.56 Å². The monoisotopic (exact) mass is 407 g/mol. The fourth-order valence-electron chi connectivity index (χ4n) is 2.10. The van der Waals surface area contributed by atoms with Crippen LogP contribution >= 0.6 is 23.2 Å². The minimum Gasteiger partial charge on any atom is -0.483 e. The molecule has 0 fully saturated rings. The molecule has 0 aromatic heterocycles. The summed E-state index contributed by atoms with van der Waals surface area (Å²) in [7, 11) is 0. The summed E-state index contributed by atoms with van der Waals surface area (Å²) < 4.78 is 5.43. The number of hydrogen-bond acceptors (Lipinski definition) is 4. The predicted octanol–water partition coefficient (Wildman–Crippen LogP) is 4.20. The van der Waals surface area contributed by atoms with E-state index in [2.05, 4.69) is 15.8 Å². The van der Waals surface area contributed by atoms with Crippen molar-refractivity contribution in [3.63, 3.8) is 0 Å². The van der Waals surface area contributed by atoms with E-state index in [4.69, 9.17) is 27.9 Å². The first-order valence-electron chi connectivity index (χ1n) is 8.10. The summed E-state index contributed by atoms with van der Waals surface area (Å²) in [5.74, 6) is -0.0723. The van der Waals surface area contributed by atoms with Crippen LogP contribution in [0, 0.1) is 6.92 Å². The average molecular weight is 408 g/mol. The Hall–Kier alpha value is -2.57. The molecular weight excluding hydrogens is 389 g/mol. The SMILES string of the molecule is C/C(CC(=O)Nc1ccc(Cl)c(Cl)c1)=N\NC(=O)COc1ccccc1C. The fraction of sp³-hybridized carbons (Fsp3) is 0.211. The third-order valence-electron chi connectivity index (χ3n) is 3.44. The smallest absolute Gasteiger partial charge is 0.277 e. The highest BCUT2D eigenvalue weighted by atomic mass is 35.5. The molecule has 0 saturated heterocycles. The van der Waals surface area contributed by atoms with Crippen LogP contribution in [0.3, 0.4) is 0 Å². The fourth-order valence-corrected chi connectivity index (χ4v) is 2.40. The molecule has 0 aliphatic heterocycles. The van der Waals surface area contributed by atoms with Crippen molar-refractivity contribution in [3.8, 4) is 5.75 Å². The van der Waals surface area contributed by atoms with Crippen molar-refractivity contribution in [2.45, 2.75) is 20.3 Å². The number of carbonyl (C=O) groups excluding carboxylic acids is 2. The van der Waals surface area contributed by atoms with Gasteiger partial charge in [0, 0.05) is 11.4 Å².